The zero-order valence-corrected chi connectivity index (χ0v) is 16.7. The van der Waals surface area contributed by atoms with E-state index in [4.69, 9.17) is 9.15 Å². The van der Waals surface area contributed by atoms with Crippen LogP contribution in [0.1, 0.15) is 23.6 Å². The lowest BCUT2D eigenvalue weighted by molar-refractivity contribution is -0.145. The maximum absolute atomic E-state index is 12.1. The molecule has 0 atom stereocenters. The molecule has 0 saturated carbocycles. The summed E-state index contributed by atoms with van der Waals surface area (Å²) < 4.78 is 12.2. The molecule has 0 aliphatic rings. The number of carbonyl (C=O) groups is 1. The first-order valence-corrected chi connectivity index (χ1v) is 9.55. The number of nitrogens with one attached hydrogen (secondary N) is 1. The average Bonchev–Trinajstić information content (AvgIpc) is 3.31. The van der Waals surface area contributed by atoms with Crippen LogP contribution in [0, 0.1) is 6.92 Å². The number of hydrogen-bond acceptors (Lipinski definition) is 6. The maximum atomic E-state index is 12.1. The Kier molecular flexibility index (Phi) is 5.21. The third-order valence-corrected chi connectivity index (χ3v) is 4.80. The highest BCUT2D eigenvalue weighted by molar-refractivity contribution is 9.10. The standard InChI is InChI=1S/C20H17BrN4O3/c1-12-20(14-3-5-15(21)6-4-14)28-18(22-12)8-9-19(26)27-11-13-2-7-16-17(10-13)24-25-23-16/h2-7,10H,8-9,11H2,1H3,(H,23,24,25). The minimum absolute atomic E-state index is 0.191. The van der Waals surface area contributed by atoms with Gasteiger partial charge in [-0.1, -0.05) is 34.1 Å². The second-order valence-electron chi connectivity index (χ2n) is 6.34. The lowest BCUT2D eigenvalue weighted by Gasteiger charge is -2.04. The van der Waals surface area contributed by atoms with Crippen LogP contribution in [0.4, 0.5) is 0 Å². The van der Waals surface area contributed by atoms with Gasteiger partial charge in [-0.2, -0.15) is 15.4 Å². The second kappa shape index (κ2) is 7.93. The van der Waals surface area contributed by atoms with E-state index < -0.39 is 0 Å². The van der Waals surface area contributed by atoms with Gasteiger partial charge in [0.2, 0.25) is 0 Å². The third kappa shape index (κ3) is 4.12. The van der Waals surface area contributed by atoms with Gasteiger partial charge in [0.05, 0.1) is 12.1 Å². The van der Waals surface area contributed by atoms with Crippen molar-refractivity contribution in [1.82, 2.24) is 20.4 Å². The van der Waals surface area contributed by atoms with Gasteiger partial charge in [0, 0.05) is 16.5 Å². The molecule has 1 N–H and O–H groups in total. The predicted octanol–water partition coefficient (Wildman–Crippen LogP) is 4.36. The molecule has 7 nitrogen and oxygen atoms in total. The molecule has 4 rings (SSSR count). The maximum Gasteiger partial charge on any atom is 0.306 e. The van der Waals surface area contributed by atoms with E-state index in [9.17, 15) is 4.79 Å². The average molecular weight is 441 g/mol. The van der Waals surface area contributed by atoms with Crippen LogP contribution in [0.2, 0.25) is 0 Å². The molecule has 0 bridgehead atoms. The Morgan fingerprint density at radius 2 is 1.93 bits per heavy atom. The first-order valence-electron chi connectivity index (χ1n) is 8.76. The fourth-order valence-electron chi connectivity index (χ4n) is 2.85. The number of rotatable bonds is 6. The Morgan fingerprint density at radius 3 is 2.75 bits per heavy atom. The topological polar surface area (TPSA) is 93.9 Å². The number of ether oxygens (including phenoxy) is 1. The molecule has 8 heteroatoms. The van der Waals surface area contributed by atoms with Crippen LogP contribution < -0.4 is 0 Å². The van der Waals surface area contributed by atoms with Gasteiger partial charge in [0.25, 0.3) is 0 Å². The number of carbonyl (C=O) groups excluding carboxylic acids is 1. The number of nitrogens with zero attached hydrogens (tertiary/aromatic N) is 3. The van der Waals surface area contributed by atoms with E-state index in [1.54, 1.807) is 0 Å². The minimum atomic E-state index is -0.304. The van der Waals surface area contributed by atoms with Crippen molar-refractivity contribution in [2.24, 2.45) is 0 Å². The van der Waals surface area contributed by atoms with Crippen molar-refractivity contribution in [2.45, 2.75) is 26.4 Å². The van der Waals surface area contributed by atoms with Gasteiger partial charge in [0.15, 0.2) is 11.7 Å². The molecule has 0 amide bonds. The molecule has 0 spiro atoms. The Morgan fingerprint density at radius 1 is 1.14 bits per heavy atom. The first-order chi connectivity index (χ1) is 13.6. The van der Waals surface area contributed by atoms with Gasteiger partial charge in [-0.05, 0) is 36.8 Å². The van der Waals surface area contributed by atoms with Crippen LogP contribution >= 0.6 is 15.9 Å². The van der Waals surface area contributed by atoms with Crippen molar-refractivity contribution in [2.75, 3.05) is 0 Å². The number of aromatic nitrogens is 4. The van der Waals surface area contributed by atoms with E-state index in [0.29, 0.717) is 12.3 Å². The molecule has 0 unspecified atom stereocenters. The van der Waals surface area contributed by atoms with Gasteiger partial charge in [-0.3, -0.25) is 4.79 Å². The van der Waals surface area contributed by atoms with E-state index in [0.717, 1.165) is 38.1 Å². The summed E-state index contributed by atoms with van der Waals surface area (Å²) in [7, 11) is 0. The van der Waals surface area contributed by atoms with E-state index in [2.05, 4.69) is 36.3 Å². The Labute approximate surface area is 169 Å². The zero-order chi connectivity index (χ0) is 19.5. The van der Waals surface area contributed by atoms with Crippen LogP contribution in [0.3, 0.4) is 0 Å². The highest BCUT2D eigenvalue weighted by Crippen LogP contribution is 2.26. The third-order valence-electron chi connectivity index (χ3n) is 4.27. The van der Waals surface area contributed by atoms with Crippen molar-refractivity contribution >= 4 is 32.9 Å². The van der Waals surface area contributed by atoms with Gasteiger partial charge in [0.1, 0.15) is 17.6 Å². The van der Waals surface area contributed by atoms with Gasteiger partial charge >= 0.3 is 5.97 Å². The van der Waals surface area contributed by atoms with E-state index in [-0.39, 0.29) is 19.0 Å². The highest BCUT2D eigenvalue weighted by atomic mass is 79.9. The number of halogens is 1. The smallest absolute Gasteiger partial charge is 0.306 e. The summed E-state index contributed by atoms with van der Waals surface area (Å²) in [5.74, 6) is 0.939. The quantitative estimate of drug-likeness (QED) is 0.447. The molecule has 0 saturated heterocycles. The molecule has 2 aromatic heterocycles. The molecule has 0 aliphatic carbocycles. The molecular weight excluding hydrogens is 424 g/mol. The summed E-state index contributed by atoms with van der Waals surface area (Å²) >= 11 is 3.42. The number of hydrogen-bond donors (Lipinski definition) is 1. The summed E-state index contributed by atoms with van der Waals surface area (Å²) in [6.45, 7) is 2.08. The van der Waals surface area contributed by atoms with Crippen molar-refractivity contribution in [3.8, 4) is 11.3 Å². The Balaban J connectivity index is 1.33. The van der Waals surface area contributed by atoms with Crippen molar-refractivity contribution in [1.29, 1.82) is 0 Å². The lowest BCUT2D eigenvalue weighted by atomic mass is 10.1. The second-order valence-corrected chi connectivity index (χ2v) is 7.25. The molecular formula is C20H17BrN4O3. The summed E-state index contributed by atoms with van der Waals surface area (Å²) in [5.41, 5.74) is 4.12. The zero-order valence-electron chi connectivity index (χ0n) is 15.1. The normalized spacial score (nSPS) is 11.1. The molecule has 2 aromatic carbocycles. The molecule has 142 valence electrons. The lowest BCUT2D eigenvalue weighted by Crippen LogP contribution is -2.06. The summed E-state index contributed by atoms with van der Waals surface area (Å²) in [6.07, 6.45) is 0.588. The molecule has 0 fully saturated rings. The number of benzene rings is 2. The molecule has 0 aliphatic heterocycles. The van der Waals surface area contributed by atoms with E-state index in [1.807, 2.05) is 49.4 Å². The SMILES string of the molecule is Cc1nc(CCC(=O)OCc2ccc3n[nH]nc3c2)oc1-c1ccc(Br)cc1. The van der Waals surface area contributed by atoms with Crippen LogP contribution in [-0.4, -0.2) is 26.4 Å². The summed E-state index contributed by atoms with van der Waals surface area (Å²) in [6, 6.07) is 13.4. The van der Waals surface area contributed by atoms with E-state index in [1.165, 1.54) is 0 Å². The fraction of sp³-hybridized carbons (Fsp3) is 0.200. The number of aromatic amines is 1. The minimum Gasteiger partial charge on any atom is -0.461 e. The van der Waals surface area contributed by atoms with Crippen molar-refractivity contribution in [3.63, 3.8) is 0 Å². The summed E-state index contributed by atoms with van der Waals surface area (Å²) in [5, 5.41) is 10.6. The number of fused-ring (bicyclic) bond motifs is 1. The number of esters is 1. The monoisotopic (exact) mass is 440 g/mol. The Hall–Kier alpha value is -3.00. The molecule has 0 radical (unpaired) electrons. The van der Waals surface area contributed by atoms with Crippen LogP contribution in [0.25, 0.3) is 22.4 Å². The van der Waals surface area contributed by atoms with E-state index >= 15 is 0 Å². The number of aryl methyl sites for hydroxylation is 2. The van der Waals surface area contributed by atoms with Crippen LogP contribution in [-0.2, 0) is 22.6 Å². The number of oxazole rings is 1. The number of H-pyrrole nitrogens is 1. The van der Waals surface area contributed by atoms with Gasteiger partial charge in [-0.25, -0.2) is 4.98 Å². The largest absolute Gasteiger partial charge is 0.461 e. The van der Waals surface area contributed by atoms with Crippen molar-refractivity contribution in [3.05, 3.63) is 64.1 Å². The van der Waals surface area contributed by atoms with Crippen LogP contribution in [0.15, 0.2) is 51.4 Å². The highest BCUT2D eigenvalue weighted by Gasteiger charge is 2.14. The van der Waals surface area contributed by atoms with Crippen LogP contribution in [0.5, 0.6) is 0 Å². The molecule has 4 aromatic rings. The molecule has 28 heavy (non-hydrogen) atoms. The van der Waals surface area contributed by atoms with Gasteiger partial charge < -0.3 is 9.15 Å². The summed E-state index contributed by atoms with van der Waals surface area (Å²) in [4.78, 5) is 16.5. The first kappa shape index (κ1) is 18.4. The Bertz CT molecular complexity index is 1120. The predicted molar refractivity (Wildman–Crippen MR) is 106 cm³/mol. The van der Waals surface area contributed by atoms with Crippen molar-refractivity contribution < 1.29 is 13.9 Å². The fourth-order valence-corrected chi connectivity index (χ4v) is 3.11. The molecule has 2 heterocycles. The van der Waals surface area contributed by atoms with Gasteiger partial charge in [-0.15, -0.1) is 0 Å².